The lowest BCUT2D eigenvalue weighted by atomic mass is 9.98. The first-order valence-electron chi connectivity index (χ1n) is 7.34. The van der Waals surface area contributed by atoms with Crippen LogP contribution in [0, 0.1) is 0 Å². The second kappa shape index (κ2) is 6.28. The van der Waals surface area contributed by atoms with Crippen molar-refractivity contribution in [2.75, 3.05) is 0 Å². The van der Waals surface area contributed by atoms with Gasteiger partial charge in [0.05, 0.1) is 0 Å². The minimum absolute atomic E-state index is 0.0302. The SMILES string of the molecule is O=C(O)c1[nH]c2cccc(C(c3ccccc3)S(=O)(=O)O)c2c1C(=O)O. The molecule has 26 heavy (non-hydrogen) atoms. The summed E-state index contributed by atoms with van der Waals surface area (Å²) in [4.78, 5) is 25.5. The lowest BCUT2D eigenvalue weighted by Crippen LogP contribution is -2.15. The van der Waals surface area contributed by atoms with Gasteiger partial charge in [0.15, 0.2) is 0 Å². The topological polar surface area (TPSA) is 145 Å². The van der Waals surface area contributed by atoms with Crippen LogP contribution in [0.1, 0.15) is 37.2 Å². The Balaban J connectivity index is 2.44. The highest BCUT2D eigenvalue weighted by molar-refractivity contribution is 7.86. The second-order valence-electron chi connectivity index (χ2n) is 5.56. The molecule has 0 aliphatic carbocycles. The van der Waals surface area contributed by atoms with Gasteiger partial charge in [-0.15, -0.1) is 0 Å². The largest absolute Gasteiger partial charge is 0.478 e. The number of aromatic amines is 1. The first kappa shape index (κ1) is 17.6. The smallest absolute Gasteiger partial charge is 0.353 e. The summed E-state index contributed by atoms with van der Waals surface area (Å²) >= 11 is 0. The van der Waals surface area contributed by atoms with Crippen molar-refractivity contribution in [3.8, 4) is 0 Å². The number of fused-ring (bicyclic) bond motifs is 1. The molecule has 0 saturated carbocycles. The predicted molar refractivity (Wildman–Crippen MR) is 92.1 cm³/mol. The molecule has 0 saturated heterocycles. The van der Waals surface area contributed by atoms with E-state index in [-0.39, 0.29) is 22.0 Å². The van der Waals surface area contributed by atoms with Crippen LogP contribution in [0.4, 0.5) is 0 Å². The molecule has 3 rings (SSSR count). The number of H-pyrrole nitrogens is 1. The van der Waals surface area contributed by atoms with E-state index in [2.05, 4.69) is 4.98 Å². The van der Waals surface area contributed by atoms with Crippen LogP contribution in [0.15, 0.2) is 48.5 Å². The number of hydrogen-bond donors (Lipinski definition) is 4. The van der Waals surface area contributed by atoms with Crippen LogP contribution >= 0.6 is 0 Å². The molecule has 0 aliphatic heterocycles. The normalized spacial score (nSPS) is 12.8. The Hall–Kier alpha value is -3.17. The van der Waals surface area contributed by atoms with Crippen molar-refractivity contribution in [2.24, 2.45) is 0 Å². The maximum absolute atomic E-state index is 12.1. The highest BCUT2D eigenvalue weighted by Crippen LogP contribution is 2.37. The monoisotopic (exact) mass is 375 g/mol. The van der Waals surface area contributed by atoms with Crippen LogP contribution in [-0.4, -0.2) is 40.1 Å². The van der Waals surface area contributed by atoms with Gasteiger partial charge in [0.25, 0.3) is 10.1 Å². The van der Waals surface area contributed by atoms with Gasteiger partial charge in [-0.05, 0) is 17.2 Å². The van der Waals surface area contributed by atoms with Crippen molar-refractivity contribution in [1.29, 1.82) is 0 Å². The molecule has 0 fully saturated rings. The lowest BCUT2D eigenvalue weighted by Gasteiger charge is -2.16. The van der Waals surface area contributed by atoms with Gasteiger partial charge in [0, 0.05) is 10.9 Å². The molecular weight excluding hydrogens is 362 g/mol. The van der Waals surface area contributed by atoms with E-state index in [4.69, 9.17) is 0 Å². The van der Waals surface area contributed by atoms with E-state index in [0.29, 0.717) is 0 Å². The van der Waals surface area contributed by atoms with E-state index in [1.54, 1.807) is 18.2 Å². The Bertz CT molecular complexity index is 1120. The highest BCUT2D eigenvalue weighted by atomic mass is 32.2. The van der Waals surface area contributed by atoms with Gasteiger partial charge < -0.3 is 15.2 Å². The summed E-state index contributed by atoms with van der Waals surface area (Å²) in [6.07, 6.45) is 0. The standard InChI is InChI=1S/C17H13NO7S/c19-16(20)13-12-10(7-4-8-11(12)18-14(13)17(21)22)15(26(23,24)25)9-5-2-1-3-6-9/h1-8,15,18H,(H,19,20)(H,21,22)(H,23,24,25). The number of nitrogens with one attached hydrogen (secondary N) is 1. The maximum Gasteiger partial charge on any atom is 0.353 e. The third kappa shape index (κ3) is 2.93. The third-order valence-corrected chi connectivity index (χ3v) is 5.09. The van der Waals surface area contributed by atoms with Crippen molar-refractivity contribution in [3.63, 3.8) is 0 Å². The number of carbonyl (C=O) groups is 2. The number of hydrogen-bond acceptors (Lipinski definition) is 4. The summed E-state index contributed by atoms with van der Waals surface area (Å²) in [7, 11) is -4.67. The number of benzene rings is 2. The number of rotatable bonds is 5. The average Bonchev–Trinajstić information content (AvgIpc) is 2.95. The van der Waals surface area contributed by atoms with E-state index in [0.717, 1.165) is 0 Å². The minimum atomic E-state index is -4.67. The first-order valence-corrected chi connectivity index (χ1v) is 8.84. The molecule has 0 aliphatic rings. The van der Waals surface area contributed by atoms with E-state index < -0.39 is 38.6 Å². The van der Waals surface area contributed by atoms with Gasteiger partial charge in [-0.2, -0.15) is 8.42 Å². The molecule has 0 spiro atoms. The zero-order valence-corrected chi connectivity index (χ0v) is 13.9. The zero-order valence-electron chi connectivity index (χ0n) is 13.1. The molecule has 1 heterocycles. The second-order valence-corrected chi connectivity index (χ2v) is 7.06. The quantitative estimate of drug-likeness (QED) is 0.501. The molecule has 4 N–H and O–H groups in total. The molecule has 8 nitrogen and oxygen atoms in total. The van der Waals surface area contributed by atoms with Crippen LogP contribution in [0.2, 0.25) is 0 Å². The fourth-order valence-corrected chi connectivity index (χ4v) is 4.03. The molecule has 0 bridgehead atoms. The van der Waals surface area contributed by atoms with Gasteiger partial charge in [0.2, 0.25) is 0 Å². The number of carboxylic acid groups (broad SMARTS) is 2. The van der Waals surface area contributed by atoms with E-state index in [9.17, 15) is 32.8 Å². The molecule has 1 aromatic heterocycles. The summed E-state index contributed by atoms with van der Waals surface area (Å²) in [6, 6.07) is 12.0. The lowest BCUT2D eigenvalue weighted by molar-refractivity contribution is 0.0649. The summed E-state index contributed by atoms with van der Waals surface area (Å²) in [5, 5.41) is 17.1. The Labute approximate surface area is 147 Å². The highest BCUT2D eigenvalue weighted by Gasteiger charge is 2.32. The Kier molecular flexibility index (Phi) is 4.26. The molecular formula is C17H13NO7S. The van der Waals surface area contributed by atoms with Crippen LogP contribution in [0.3, 0.4) is 0 Å². The van der Waals surface area contributed by atoms with Gasteiger partial charge in [-0.25, -0.2) is 9.59 Å². The molecule has 9 heteroatoms. The minimum Gasteiger partial charge on any atom is -0.478 e. The number of aromatic nitrogens is 1. The molecule has 0 amide bonds. The summed E-state index contributed by atoms with van der Waals surface area (Å²) in [6.45, 7) is 0. The van der Waals surface area contributed by atoms with Crippen molar-refractivity contribution in [2.45, 2.75) is 5.25 Å². The Morgan fingerprint density at radius 3 is 2.12 bits per heavy atom. The maximum atomic E-state index is 12.1. The summed E-state index contributed by atoms with van der Waals surface area (Å²) < 4.78 is 33.9. The van der Waals surface area contributed by atoms with E-state index in [1.165, 1.54) is 30.3 Å². The van der Waals surface area contributed by atoms with Crippen molar-refractivity contribution < 1.29 is 32.8 Å². The van der Waals surface area contributed by atoms with Crippen LogP contribution < -0.4 is 0 Å². The molecule has 2 aromatic carbocycles. The average molecular weight is 375 g/mol. The predicted octanol–water partition coefficient (Wildman–Crippen LogP) is 2.54. The van der Waals surface area contributed by atoms with Gasteiger partial charge in [-0.1, -0.05) is 42.5 Å². The van der Waals surface area contributed by atoms with Crippen molar-refractivity contribution in [3.05, 3.63) is 70.9 Å². The first-order chi connectivity index (χ1) is 12.2. The van der Waals surface area contributed by atoms with Crippen molar-refractivity contribution >= 4 is 33.0 Å². The molecule has 3 aromatic rings. The fraction of sp³-hybridized carbons (Fsp3) is 0.0588. The Morgan fingerprint density at radius 2 is 1.58 bits per heavy atom. The van der Waals surface area contributed by atoms with Crippen LogP contribution in [0.25, 0.3) is 10.9 Å². The van der Waals surface area contributed by atoms with E-state index >= 15 is 0 Å². The van der Waals surface area contributed by atoms with Crippen LogP contribution in [-0.2, 0) is 10.1 Å². The van der Waals surface area contributed by atoms with E-state index in [1.807, 2.05) is 0 Å². The molecule has 1 atom stereocenters. The van der Waals surface area contributed by atoms with Gasteiger partial charge in [-0.3, -0.25) is 4.55 Å². The molecule has 1 unspecified atom stereocenters. The zero-order chi connectivity index (χ0) is 19.1. The summed E-state index contributed by atoms with van der Waals surface area (Å²) in [5.74, 6) is -3.02. The number of carboxylic acids is 2. The fourth-order valence-electron chi connectivity index (χ4n) is 3.01. The molecule has 134 valence electrons. The number of aromatic carboxylic acids is 2. The van der Waals surface area contributed by atoms with Crippen molar-refractivity contribution in [1.82, 2.24) is 4.98 Å². The Morgan fingerprint density at radius 1 is 0.923 bits per heavy atom. The summed E-state index contributed by atoms with van der Waals surface area (Å²) in [5.41, 5.74) is -0.800. The molecule has 0 radical (unpaired) electrons. The van der Waals surface area contributed by atoms with Gasteiger partial charge >= 0.3 is 11.9 Å². The van der Waals surface area contributed by atoms with Gasteiger partial charge in [0.1, 0.15) is 16.5 Å². The third-order valence-electron chi connectivity index (χ3n) is 3.97. The van der Waals surface area contributed by atoms with Crippen LogP contribution in [0.5, 0.6) is 0 Å².